The summed E-state index contributed by atoms with van der Waals surface area (Å²) in [5.74, 6) is 1.06. The number of methoxy groups -OCH3 is 2. The number of aliphatic hydroxyl groups is 1. The van der Waals surface area contributed by atoms with Crippen LogP contribution in [0.3, 0.4) is 0 Å². The molecule has 0 saturated carbocycles. The molecule has 102 valence electrons. The Bertz CT molecular complexity index is 325. The Kier molecular flexibility index (Phi) is 7.05. The minimum atomic E-state index is 0.258. The number of hydrogen-bond donors (Lipinski definition) is 2. The van der Waals surface area contributed by atoms with E-state index in [9.17, 15) is 0 Å². The highest BCUT2D eigenvalue weighted by Crippen LogP contribution is 2.22. The molecule has 0 aliphatic heterocycles. The maximum absolute atomic E-state index is 8.67. The number of aromatic nitrogens is 2. The molecule has 1 aromatic rings. The van der Waals surface area contributed by atoms with E-state index < -0.39 is 0 Å². The van der Waals surface area contributed by atoms with Gasteiger partial charge in [0.25, 0.3) is 0 Å². The van der Waals surface area contributed by atoms with Crippen molar-refractivity contribution in [2.24, 2.45) is 0 Å². The summed E-state index contributed by atoms with van der Waals surface area (Å²) in [5.41, 5.74) is 0.824. The van der Waals surface area contributed by atoms with Crippen molar-refractivity contribution in [2.75, 3.05) is 27.4 Å². The summed E-state index contributed by atoms with van der Waals surface area (Å²) in [7, 11) is 3.15. The Labute approximate surface area is 107 Å². The Morgan fingerprint density at radius 1 is 1.11 bits per heavy atom. The Morgan fingerprint density at radius 2 is 1.78 bits per heavy atom. The summed E-state index contributed by atoms with van der Waals surface area (Å²) in [6.45, 7) is 1.74. The quantitative estimate of drug-likeness (QED) is 0.634. The molecule has 0 aliphatic carbocycles. The molecule has 6 heteroatoms. The molecule has 0 unspecified atom stereocenters. The van der Waals surface area contributed by atoms with Crippen LogP contribution in [0.25, 0.3) is 0 Å². The number of unbranched alkanes of at least 4 members (excludes halogenated alkanes) is 2. The fraction of sp³-hybridized carbons (Fsp3) is 0.667. The number of nitrogens with one attached hydrogen (secondary N) is 1. The lowest BCUT2D eigenvalue weighted by Crippen LogP contribution is -2.17. The maximum atomic E-state index is 8.67. The summed E-state index contributed by atoms with van der Waals surface area (Å²) in [5, 5.41) is 12.0. The van der Waals surface area contributed by atoms with Gasteiger partial charge in [0, 0.05) is 13.2 Å². The molecule has 0 amide bonds. The average Bonchev–Trinajstić information content (AvgIpc) is 2.42. The molecule has 0 spiro atoms. The van der Waals surface area contributed by atoms with Crippen LogP contribution in [-0.4, -0.2) is 42.4 Å². The van der Waals surface area contributed by atoms with Crippen LogP contribution < -0.4 is 14.8 Å². The summed E-state index contributed by atoms with van der Waals surface area (Å²) in [4.78, 5) is 8.10. The highest BCUT2D eigenvalue weighted by Gasteiger charge is 2.11. The van der Waals surface area contributed by atoms with Gasteiger partial charge in [-0.1, -0.05) is 0 Å². The van der Waals surface area contributed by atoms with Crippen LogP contribution in [0.2, 0.25) is 0 Å². The van der Waals surface area contributed by atoms with Crippen LogP contribution in [0.5, 0.6) is 11.8 Å². The lowest BCUT2D eigenvalue weighted by molar-refractivity contribution is 0.282. The van der Waals surface area contributed by atoms with Crippen molar-refractivity contribution >= 4 is 0 Å². The normalized spacial score (nSPS) is 10.4. The third-order valence-electron chi connectivity index (χ3n) is 2.57. The van der Waals surface area contributed by atoms with E-state index >= 15 is 0 Å². The summed E-state index contributed by atoms with van der Waals surface area (Å²) < 4.78 is 10.4. The second kappa shape index (κ2) is 8.66. The Morgan fingerprint density at radius 3 is 2.33 bits per heavy atom. The van der Waals surface area contributed by atoms with Crippen molar-refractivity contribution < 1.29 is 14.6 Å². The average molecular weight is 255 g/mol. The van der Waals surface area contributed by atoms with Gasteiger partial charge in [0.2, 0.25) is 11.8 Å². The number of ether oxygens (including phenoxy) is 2. The van der Waals surface area contributed by atoms with Crippen LogP contribution >= 0.6 is 0 Å². The van der Waals surface area contributed by atoms with Gasteiger partial charge in [-0.2, -0.15) is 0 Å². The molecule has 1 aromatic heterocycles. The third-order valence-corrected chi connectivity index (χ3v) is 2.57. The van der Waals surface area contributed by atoms with E-state index in [0.717, 1.165) is 31.4 Å². The topological polar surface area (TPSA) is 76.5 Å². The highest BCUT2D eigenvalue weighted by molar-refractivity contribution is 5.34. The molecule has 2 N–H and O–H groups in total. The van der Waals surface area contributed by atoms with Gasteiger partial charge in [0.1, 0.15) is 6.33 Å². The molecule has 0 radical (unpaired) electrons. The minimum Gasteiger partial charge on any atom is -0.481 e. The fourth-order valence-electron chi connectivity index (χ4n) is 1.64. The van der Waals surface area contributed by atoms with Crippen molar-refractivity contribution in [1.29, 1.82) is 0 Å². The molecular formula is C12H21N3O3. The second-order valence-corrected chi connectivity index (χ2v) is 3.83. The summed E-state index contributed by atoms with van der Waals surface area (Å²) in [6, 6.07) is 0. The molecule has 1 heterocycles. The predicted molar refractivity (Wildman–Crippen MR) is 67.8 cm³/mol. The summed E-state index contributed by atoms with van der Waals surface area (Å²) in [6.07, 6.45) is 4.31. The van der Waals surface area contributed by atoms with Crippen molar-refractivity contribution in [3.63, 3.8) is 0 Å². The first-order valence-corrected chi connectivity index (χ1v) is 6.07. The van der Waals surface area contributed by atoms with Gasteiger partial charge in [-0.05, 0) is 25.8 Å². The zero-order valence-corrected chi connectivity index (χ0v) is 11.0. The van der Waals surface area contributed by atoms with Crippen LogP contribution in [0.1, 0.15) is 24.8 Å². The first-order chi connectivity index (χ1) is 8.83. The Balaban J connectivity index is 2.45. The highest BCUT2D eigenvalue weighted by atomic mass is 16.5. The lowest BCUT2D eigenvalue weighted by atomic mass is 10.2. The first kappa shape index (κ1) is 14.7. The minimum absolute atomic E-state index is 0.258. The van der Waals surface area contributed by atoms with Gasteiger partial charge in [0.05, 0.1) is 19.8 Å². The van der Waals surface area contributed by atoms with Crippen LogP contribution in [0, 0.1) is 0 Å². The van der Waals surface area contributed by atoms with E-state index in [4.69, 9.17) is 14.6 Å². The van der Waals surface area contributed by atoms with Gasteiger partial charge in [0.15, 0.2) is 0 Å². The number of rotatable bonds is 9. The SMILES string of the molecule is COc1ncnc(OC)c1CNCCCCCO. The van der Waals surface area contributed by atoms with Gasteiger partial charge in [-0.15, -0.1) is 0 Å². The van der Waals surface area contributed by atoms with E-state index in [1.54, 1.807) is 14.2 Å². The monoisotopic (exact) mass is 255 g/mol. The largest absolute Gasteiger partial charge is 0.481 e. The lowest BCUT2D eigenvalue weighted by Gasteiger charge is -2.11. The van der Waals surface area contributed by atoms with Crippen LogP contribution in [-0.2, 0) is 6.54 Å². The number of aliphatic hydroxyl groups excluding tert-OH is 1. The zero-order chi connectivity index (χ0) is 13.2. The molecule has 6 nitrogen and oxygen atoms in total. The molecule has 0 aromatic carbocycles. The van der Waals surface area contributed by atoms with E-state index in [1.807, 2.05) is 0 Å². The molecule has 0 fully saturated rings. The molecular weight excluding hydrogens is 234 g/mol. The third kappa shape index (κ3) is 4.46. The maximum Gasteiger partial charge on any atom is 0.224 e. The number of nitrogens with zero attached hydrogens (tertiary/aromatic N) is 2. The fourth-order valence-corrected chi connectivity index (χ4v) is 1.64. The predicted octanol–water partition coefficient (Wildman–Crippen LogP) is 0.746. The molecule has 0 aliphatic rings. The van der Waals surface area contributed by atoms with E-state index in [0.29, 0.717) is 18.3 Å². The van der Waals surface area contributed by atoms with Crippen molar-refractivity contribution in [3.05, 3.63) is 11.9 Å². The summed E-state index contributed by atoms with van der Waals surface area (Å²) >= 11 is 0. The van der Waals surface area contributed by atoms with Crippen molar-refractivity contribution in [2.45, 2.75) is 25.8 Å². The van der Waals surface area contributed by atoms with Gasteiger partial charge < -0.3 is 19.9 Å². The van der Waals surface area contributed by atoms with E-state index in [-0.39, 0.29) is 6.61 Å². The van der Waals surface area contributed by atoms with E-state index in [2.05, 4.69) is 15.3 Å². The second-order valence-electron chi connectivity index (χ2n) is 3.83. The van der Waals surface area contributed by atoms with Crippen LogP contribution in [0.15, 0.2) is 6.33 Å². The smallest absolute Gasteiger partial charge is 0.224 e. The standard InChI is InChI=1S/C12H21N3O3/c1-17-11-10(12(18-2)15-9-14-11)8-13-6-4-3-5-7-16/h9,13,16H,3-8H2,1-2H3. The number of hydrogen-bond acceptors (Lipinski definition) is 6. The molecule has 18 heavy (non-hydrogen) atoms. The van der Waals surface area contributed by atoms with Crippen LogP contribution in [0.4, 0.5) is 0 Å². The van der Waals surface area contributed by atoms with Gasteiger partial charge >= 0.3 is 0 Å². The molecule has 1 rings (SSSR count). The van der Waals surface area contributed by atoms with Crippen molar-refractivity contribution in [1.82, 2.24) is 15.3 Å². The van der Waals surface area contributed by atoms with Gasteiger partial charge in [-0.3, -0.25) is 0 Å². The first-order valence-electron chi connectivity index (χ1n) is 6.07. The Hall–Kier alpha value is -1.40. The van der Waals surface area contributed by atoms with Gasteiger partial charge in [-0.25, -0.2) is 9.97 Å². The van der Waals surface area contributed by atoms with E-state index in [1.165, 1.54) is 6.33 Å². The molecule has 0 saturated heterocycles. The zero-order valence-electron chi connectivity index (χ0n) is 11.0. The molecule has 0 atom stereocenters. The molecule has 0 bridgehead atoms. The van der Waals surface area contributed by atoms with Crippen molar-refractivity contribution in [3.8, 4) is 11.8 Å².